The summed E-state index contributed by atoms with van der Waals surface area (Å²) in [5, 5.41) is 0. The van der Waals surface area contributed by atoms with Crippen LogP contribution in [-0.2, 0) is 10.2 Å². The van der Waals surface area contributed by atoms with Gasteiger partial charge in [-0.25, -0.2) is 0 Å². The Kier molecular flexibility index (Phi) is 2.18. The summed E-state index contributed by atoms with van der Waals surface area (Å²) in [6, 6.07) is 8.58. The molecule has 0 heterocycles. The molecule has 0 N–H and O–H groups in total. The molecular formula is C13H16O. The Morgan fingerprint density at radius 1 is 1.21 bits per heavy atom. The smallest absolute Gasteiger partial charge is 0.133 e. The Balaban J connectivity index is 2.30. The van der Waals surface area contributed by atoms with Gasteiger partial charge in [-0.1, -0.05) is 36.8 Å². The lowest BCUT2D eigenvalue weighted by Gasteiger charge is -2.23. The minimum atomic E-state index is 0.102. The number of ketones is 1. The zero-order valence-corrected chi connectivity index (χ0v) is 8.84. The fourth-order valence-electron chi connectivity index (χ4n) is 2.23. The lowest BCUT2D eigenvalue weighted by Crippen LogP contribution is -2.17. The number of hydrogen-bond acceptors (Lipinski definition) is 1. The quantitative estimate of drug-likeness (QED) is 0.662. The summed E-state index contributed by atoms with van der Waals surface area (Å²) in [5.74, 6) is 0.410. The van der Waals surface area contributed by atoms with Gasteiger partial charge in [0.1, 0.15) is 5.78 Å². The van der Waals surface area contributed by atoms with Crippen LogP contribution in [0.2, 0.25) is 0 Å². The third-order valence-corrected chi connectivity index (χ3v) is 3.29. The number of rotatable bonds is 1. The fourth-order valence-corrected chi connectivity index (χ4v) is 2.23. The van der Waals surface area contributed by atoms with E-state index in [-0.39, 0.29) is 5.41 Å². The molecule has 1 aromatic carbocycles. The van der Waals surface area contributed by atoms with Crippen LogP contribution in [0.1, 0.15) is 37.3 Å². The molecule has 0 bridgehead atoms. The van der Waals surface area contributed by atoms with Crippen molar-refractivity contribution in [3.05, 3.63) is 35.4 Å². The van der Waals surface area contributed by atoms with E-state index in [2.05, 4.69) is 38.1 Å². The van der Waals surface area contributed by atoms with Crippen molar-refractivity contribution in [3.8, 4) is 0 Å². The molecule has 0 amide bonds. The van der Waals surface area contributed by atoms with E-state index in [1.165, 1.54) is 11.1 Å². The van der Waals surface area contributed by atoms with E-state index in [0.29, 0.717) is 5.78 Å². The molecular weight excluding hydrogens is 172 g/mol. The Hall–Kier alpha value is -1.11. The Morgan fingerprint density at radius 2 is 1.86 bits per heavy atom. The zero-order valence-electron chi connectivity index (χ0n) is 8.84. The van der Waals surface area contributed by atoms with Gasteiger partial charge >= 0.3 is 0 Å². The number of aryl methyl sites for hydroxylation is 1. The normalized spacial score (nSPS) is 26.9. The van der Waals surface area contributed by atoms with Crippen LogP contribution in [-0.4, -0.2) is 5.78 Å². The summed E-state index contributed by atoms with van der Waals surface area (Å²) >= 11 is 0. The first-order valence-electron chi connectivity index (χ1n) is 5.19. The van der Waals surface area contributed by atoms with E-state index in [9.17, 15) is 4.79 Å². The van der Waals surface area contributed by atoms with Gasteiger partial charge in [0.2, 0.25) is 0 Å². The van der Waals surface area contributed by atoms with Crippen LogP contribution in [0.25, 0.3) is 0 Å². The second-order valence-electron chi connectivity index (χ2n) is 4.64. The van der Waals surface area contributed by atoms with Gasteiger partial charge < -0.3 is 0 Å². The van der Waals surface area contributed by atoms with Crippen LogP contribution in [0.15, 0.2) is 24.3 Å². The molecule has 1 aliphatic rings. The highest BCUT2D eigenvalue weighted by Gasteiger charge is 2.35. The van der Waals surface area contributed by atoms with Crippen molar-refractivity contribution < 1.29 is 4.79 Å². The van der Waals surface area contributed by atoms with E-state index < -0.39 is 0 Å². The van der Waals surface area contributed by atoms with Gasteiger partial charge in [0.15, 0.2) is 0 Å². The van der Waals surface area contributed by atoms with Crippen molar-refractivity contribution in [2.24, 2.45) is 0 Å². The Labute approximate surface area is 85.1 Å². The first-order valence-corrected chi connectivity index (χ1v) is 5.19. The summed E-state index contributed by atoms with van der Waals surface area (Å²) in [4.78, 5) is 11.3. The maximum absolute atomic E-state index is 11.3. The zero-order chi connectivity index (χ0) is 10.2. The van der Waals surface area contributed by atoms with Gasteiger partial charge in [-0.15, -0.1) is 0 Å². The van der Waals surface area contributed by atoms with Crippen molar-refractivity contribution in [2.45, 2.75) is 38.5 Å². The second kappa shape index (κ2) is 3.23. The Bertz CT molecular complexity index is 350. The number of benzene rings is 1. The molecule has 1 heteroatoms. The average molecular weight is 188 g/mol. The summed E-state index contributed by atoms with van der Waals surface area (Å²) in [5.41, 5.74) is 2.70. The third kappa shape index (κ3) is 1.59. The minimum absolute atomic E-state index is 0.102. The first-order chi connectivity index (χ1) is 6.60. The van der Waals surface area contributed by atoms with Crippen LogP contribution in [0.5, 0.6) is 0 Å². The SMILES string of the molecule is Cc1ccc([C@@]2(C)CCC(=O)C2)cc1. The maximum atomic E-state index is 11.3. The van der Waals surface area contributed by atoms with Crippen LogP contribution >= 0.6 is 0 Å². The summed E-state index contributed by atoms with van der Waals surface area (Å²) in [6.45, 7) is 4.29. The van der Waals surface area contributed by atoms with Gasteiger partial charge in [-0.2, -0.15) is 0 Å². The highest BCUT2D eigenvalue weighted by molar-refractivity contribution is 5.82. The molecule has 1 aromatic rings. The van der Waals surface area contributed by atoms with E-state index in [0.717, 1.165) is 19.3 Å². The predicted molar refractivity (Wildman–Crippen MR) is 57.4 cm³/mol. The lowest BCUT2D eigenvalue weighted by molar-refractivity contribution is -0.117. The Morgan fingerprint density at radius 3 is 2.36 bits per heavy atom. The molecule has 2 rings (SSSR count). The predicted octanol–water partition coefficient (Wildman–Crippen LogP) is 3.01. The lowest BCUT2D eigenvalue weighted by atomic mass is 9.81. The highest BCUT2D eigenvalue weighted by atomic mass is 16.1. The third-order valence-electron chi connectivity index (χ3n) is 3.29. The average Bonchev–Trinajstić information content (AvgIpc) is 2.48. The van der Waals surface area contributed by atoms with Crippen LogP contribution < -0.4 is 0 Å². The molecule has 0 unspecified atom stereocenters. The number of hydrogen-bond donors (Lipinski definition) is 0. The molecule has 1 fully saturated rings. The number of carbonyl (C=O) groups excluding carboxylic acids is 1. The van der Waals surface area contributed by atoms with Gasteiger partial charge in [-0.05, 0) is 24.3 Å². The molecule has 1 atom stereocenters. The highest BCUT2D eigenvalue weighted by Crippen LogP contribution is 2.38. The number of Topliss-reactive ketones (excluding diaryl/α,β-unsaturated/α-hetero) is 1. The van der Waals surface area contributed by atoms with Crippen molar-refractivity contribution >= 4 is 5.78 Å². The first kappa shape index (κ1) is 9.45. The molecule has 1 aliphatic carbocycles. The van der Waals surface area contributed by atoms with Gasteiger partial charge in [0.25, 0.3) is 0 Å². The van der Waals surface area contributed by atoms with Crippen LogP contribution in [0.4, 0.5) is 0 Å². The molecule has 0 saturated heterocycles. The van der Waals surface area contributed by atoms with E-state index in [4.69, 9.17) is 0 Å². The van der Waals surface area contributed by atoms with Crippen LogP contribution in [0, 0.1) is 6.92 Å². The largest absolute Gasteiger partial charge is 0.300 e. The molecule has 14 heavy (non-hydrogen) atoms. The van der Waals surface area contributed by atoms with E-state index in [1.54, 1.807) is 0 Å². The standard InChI is InChI=1S/C13H16O/c1-10-3-5-11(6-4-10)13(2)8-7-12(14)9-13/h3-6H,7-9H2,1-2H3/t13-/m0/s1. The summed E-state index contributed by atoms with van der Waals surface area (Å²) in [7, 11) is 0. The molecule has 1 saturated carbocycles. The van der Waals surface area contributed by atoms with Crippen molar-refractivity contribution in [2.75, 3.05) is 0 Å². The van der Waals surface area contributed by atoms with Gasteiger partial charge in [0.05, 0.1) is 0 Å². The second-order valence-corrected chi connectivity index (χ2v) is 4.64. The topological polar surface area (TPSA) is 17.1 Å². The van der Waals surface area contributed by atoms with Crippen molar-refractivity contribution in [1.29, 1.82) is 0 Å². The molecule has 0 aromatic heterocycles. The summed E-state index contributed by atoms with van der Waals surface area (Å²) in [6.07, 6.45) is 2.48. The summed E-state index contributed by atoms with van der Waals surface area (Å²) < 4.78 is 0. The van der Waals surface area contributed by atoms with Gasteiger partial charge in [-0.3, -0.25) is 4.79 Å². The molecule has 0 radical (unpaired) electrons. The maximum Gasteiger partial charge on any atom is 0.133 e. The van der Waals surface area contributed by atoms with Gasteiger partial charge in [0, 0.05) is 12.8 Å². The molecule has 0 aliphatic heterocycles. The van der Waals surface area contributed by atoms with Crippen molar-refractivity contribution in [3.63, 3.8) is 0 Å². The monoisotopic (exact) mass is 188 g/mol. The molecule has 74 valence electrons. The molecule has 1 nitrogen and oxygen atoms in total. The fraction of sp³-hybridized carbons (Fsp3) is 0.462. The minimum Gasteiger partial charge on any atom is -0.300 e. The van der Waals surface area contributed by atoms with E-state index >= 15 is 0 Å². The van der Waals surface area contributed by atoms with E-state index in [1.807, 2.05) is 0 Å². The number of carbonyl (C=O) groups is 1. The molecule has 0 spiro atoms. The van der Waals surface area contributed by atoms with Crippen molar-refractivity contribution in [1.82, 2.24) is 0 Å². The van der Waals surface area contributed by atoms with Crippen LogP contribution in [0.3, 0.4) is 0 Å².